The number of hydrogen-bond donors (Lipinski definition) is 5. The summed E-state index contributed by atoms with van der Waals surface area (Å²) in [6.07, 6.45) is -4.80. The molecule has 1 aromatic rings. The Morgan fingerprint density at radius 2 is 2.04 bits per heavy atom. The lowest BCUT2D eigenvalue weighted by Gasteiger charge is -2.18. The van der Waals surface area contributed by atoms with Gasteiger partial charge in [-0.2, -0.15) is 4.98 Å². The molecule has 1 fully saturated rings. The van der Waals surface area contributed by atoms with Gasteiger partial charge in [0, 0.05) is 11.8 Å². The Labute approximate surface area is 151 Å². The molecule has 0 radical (unpaired) electrons. The van der Waals surface area contributed by atoms with Gasteiger partial charge >= 0.3 is 20.9 Å². The molecule has 1 saturated heterocycles. The zero-order valence-electron chi connectivity index (χ0n) is 13.7. The van der Waals surface area contributed by atoms with Crippen molar-refractivity contribution in [2.24, 2.45) is 0 Å². The van der Waals surface area contributed by atoms with Crippen molar-refractivity contribution < 1.29 is 42.6 Å². The highest BCUT2D eigenvalue weighted by Gasteiger charge is 2.42. The molecule has 152 valence electrons. The van der Waals surface area contributed by atoms with Crippen LogP contribution in [0.15, 0.2) is 29.0 Å². The van der Waals surface area contributed by atoms with Crippen LogP contribution in [0.3, 0.4) is 0 Å². The summed E-state index contributed by atoms with van der Waals surface area (Å²) in [5, 5.41) is 10.1. The molecule has 2 heterocycles. The quantitative estimate of drug-likeness (QED) is 0.345. The number of hydrogen-bond acceptors (Lipinski definition) is 8. The topological polar surface area (TPSA) is 194 Å². The molecule has 4 atom stereocenters. The summed E-state index contributed by atoms with van der Waals surface area (Å²) in [6.45, 7) is -0.693. The summed E-state index contributed by atoms with van der Waals surface area (Å²) in [6, 6.07) is 1.25. The summed E-state index contributed by atoms with van der Waals surface area (Å²) in [4.78, 5) is 42.4. The molecule has 27 heavy (non-hydrogen) atoms. The van der Waals surface area contributed by atoms with Gasteiger partial charge in [0.25, 0.3) is 0 Å². The first-order valence-corrected chi connectivity index (χ1v) is 11.0. The second kappa shape index (κ2) is 8.29. The van der Waals surface area contributed by atoms with Gasteiger partial charge in [0.15, 0.2) is 6.23 Å². The average molecular weight is 429 g/mol. The molecule has 6 N–H and O–H groups in total. The molecule has 0 aromatic carbocycles. The number of aliphatic hydroxyl groups is 1. The maximum absolute atomic E-state index is 13.2. The zero-order valence-corrected chi connectivity index (χ0v) is 15.4. The second-order valence-corrected chi connectivity index (χ2v) is 9.43. The van der Waals surface area contributed by atoms with Gasteiger partial charge in [-0.3, -0.25) is 13.7 Å². The third-order valence-electron chi connectivity index (χ3n) is 3.63. The summed E-state index contributed by atoms with van der Waals surface area (Å²) in [5.74, 6) is -0.0771. The normalized spacial score (nSPS) is 27.0. The molecule has 0 bridgehead atoms. The van der Waals surface area contributed by atoms with Crippen molar-refractivity contribution in [2.75, 3.05) is 24.7 Å². The molecule has 1 unspecified atom stereocenters. The number of aromatic nitrogens is 2. The number of rotatable bonds is 7. The Morgan fingerprint density at radius 1 is 1.37 bits per heavy atom. The van der Waals surface area contributed by atoms with Crippen LogP contribution in [-0.4, -0.2) is 60.5 Å². The standard InChI is InChI=1S/C12H18FN3O9P2/c13-5-7-10(17)8(6-24-27(22,23)4-3-26(19,20)21)25-11(7)16-2-1-9(14)15-12(16)18/h1-2,5,8,10-11,17H,3-4,6H2,(H,22,23)(H2,14,15,18)(H2,19,20,21)/b7-5+/t8-,10+,11-/m1/s1. The van der Waals surface area contributed by atoms with E-state index in [1.54, 1.807) is 0 Å². The summed E-state index contributed by atoms with van der Waals surface area (Å²) < 4.78 is 46.7. The molecule has 12 nitrogen and oxygen atoms in total. The highest BCUT2D eigenvalue weighted by Crippen LogP contribution is 2.47. The zero-order chi connectivity index (χ0) is 20.4. The maximum Gasteiger partial charge on any atom is 0.351 e. The molecule has 1 aliphatic heterocycles. The van der Waals surface area contributed by atoms with E-state index in [0.29, 0.717) is 0 Å². The van der Waals surface area contributed by atoms with Crippen molar-refractivity contribution in [3.63, 3.8) is 0 Å². The first kappa shape index (κ1) is 21.9. The minimum absolute atomic E-state index is 0.0322. The van der Waals surface area contributed by atoms with Crippen LogP contribution in [0.4, 0.5) is 10.2 Å². The Hall–Kier alpha value is -1.43. The molecule has 0 aliphatic carbocycles. The van der Waals surface area contributed by atoms with Crippen LogP contribution >= 0.6 is 15.2 Å². The monoisotopic (exact) mass is 429 g/mol. The molecule has 1 aliphatic rings. The molecule has 1 aromatic heterocycles. The van der Waals surface area contributed by atoms with Gasteiger partial charge in [0.05, 0.1) is 25.3 Å². The van der Waals surface area contributed by atoms with E-state index in [1.807, 2.05) is 0 Å². The number of aliphatic hydroxyl groups excluding tert-OH is 1. The smallest absolute Gasteiger partial charge is 0.351 e. The van der Waals surface area contributed by atoms with Crippen LogP contribution in [0, 0.1) is 0 Å². The third kappa shape index (κ3) is 5.77. The van der Waals surface area contributed by atoms with Crippen molar-refractivity contribution in [3.05, 3.63) is 34.7 Å². The fraction of sp³-hybridized carbons (Fsp3) is 0.500. The number of nitrogens with two attached hydrogens (primary N) is 1. The lowest BCUT2D eigenvalue weighted by atomic mass is 10.1. The maximum atomic E-state index is 13.2. The van der Waals surface area contributed by atoms with Gasteiger partial charge < -0.3 is 34.8 Å². The van der Waals surface area contributed by atoms with Gasteiger partial charge in [-0.15, -0.1) is 0 Å². The molecule has 0 amide bonds. The van der Waals surface area contributed by atoms with Crippen LogP contribution in [0.25, 0.3) is 0 Å². The van der Waals surface area contributed by atoms with E-state index in [0.717, 1.165) is 4.57 Å². The average Bonchev–Trinajstić information content (AvgIpc) is 2.86. The first-order chi connectivity index (χ1) is 12.4. The van der Waals surface area contributed by atoms with Crippen LogP contribution in [0.2, 0.25) is 0 Å². The molecular formula is C12H18FN3O9P2. The van der Waals surface area contributed by atoms with Gasteiger partial charge in [0.2, 0.25) is 0 Å². The van der Waals surface area contributed by atoms with Gasteiger partial charge in [-0.1, -0.05) is 0 Å². The van der Waals surface area contributed by atoms with Crippen molar-refractivity contribution in [1.29, 1.82) is 0 Å². The number of halogens is 1. The van der Waals surface area contributed by atoms with Crippen LogP contribution in [0.5, 0.6) is 0 Å². The molecule has 15 heteroatoms. The van der Waals surface area contributed by atoms with Crippen molar-refractivity contribution >= 4 is 21.0 Å². The first-order valence-electron chi connectivity index (χ1n) is 7.43. The second-order valence-electron chi connectivity index (χ2n) is 5.67. The molecule has 2 rings (SSSR count). The van der Waals surface area contributed by atoms with E-state index in [1.165, 1.54) is 12.3 Å². The fourth-order valence-electron chi connectivity index (χ4n) is 2.27. The van der Waals surface area contributed by atoms with E-state index in [4.69, 9.17) is 24.8 Å². The number of ether oxygens (including phenoxy) is 1. The number of nitrogens with zero attached hydrogens (tertiary/aromatic N) is 2. The van der Waals surface area contributed by atoms with Crippen LogP contribution in [-0.2, 0) is 18.4 Å². The van der Waals surface area contributed by atoms with Gasteiger partial charge in [-0.25, -0.2) is 9.18 Å². The number of nitrogen functional groups attached to an aromatic ring is 1. The van der Waals surface area contributed by atoms with E-state index in [-0.39, 0.29) is 17.7 Å². The minimum Gasteiger partial charge on any atom is -0.386 e. The lowest BCUT2D eigenvalue weighted by molar-refractivity contribution is -0.0411. The molecular weight excluding hydrogens is 411 g/mol. The van der Waals surface area contributed by atoms with Crippen molar-refractivity contribution in [3.8, 4) is 0 Å². The summed E-state index contributed by atoms with van der Waals surface area (Å²) >= 11 is 0. The predicted octanol–water partition coefficient (Wildman–Crippen LogP) is -0.683. The van der Waals surface area contributed by atoms with E-state index >= 15 is 0 Å². The molecule has 0 spiro atoms. The summed E-state index contributed by atoms with van der Waals surface area (Å²) in [5.41, 5.74) is 4.15. The Morgan fingerprint density at radius 3 is 2.59 bits per heavy atom. The van der Waals surface area contributed by atoms with E-state index in [2.05, 4.69) is 4.98 Å². The fourth-order valence-corrected chi connectivity index (χ4v) is 4.83. The number of anilines is 1. The van der Waals surface area contributed by atoms with Crippen molar-refractivity contribution in [2.45, 2.75) is 18.4 Å². The highest BCUT2D eigenvalue weighted by molar-refractivity contribution is 7.56. The summed E-state index contributed by atoms with van der Waals surface area (Å²) in [7, 11) is -8.90. The highest BCUT2D eigenvalue weighted by atomic mass is 31.2. The van der Waals surface area contributed by atoms with E-state index < -0.39 is 58.2 Å². The lowest BCUT2D eigenvalue weighted by Crippen LogP contribution is -2.28. The predicted molar refractivity (Wildman–Crippen MR) is 89.6 cm³/mol. The van der Waals surface area contributed by atoms with Gasteiger partial charge in [-0.05, 0) is 6.07 Å². The third-order valence-corrected chi connectivity index (χ3v) is 6.13. The molecule has 0 saturated carbocycles. The van der Waals surface area contributed by atoms with Gasteiger partial charge in [0.1, 0.15) is 18.0 Å². The Kier molecular flexibility index (Phi) is 6.72. The van der Waals surface area contributed by atoms with E-state index in [9.17, 15) is 28.3 Å². The Bertz CT molecular complexity index is 870. The Balaban J connectivity index is 2.10. The van der Waals surface area contributed by atoms with Crippen LogP contribution < -0.4 is 11.4 Å². The van der Waals surface area contributed by atoms with Crippen molar-refractivity contribution in [1.82, 2.24) is 9.55 Å². The SMILES string of the molecule is Nc1ccn([C@@H]2O[C@H](COP(=O)(O)CCP(=O)(O)O)[C@@H](O)/C2=C\F)c(=O)n1. The largest absolute Gasteiger partial charge is 0.386 e. The van der Waals surface area contributed by atoms with Crippen LogP contribution in [0.1, 0.15) is 6.23 Å². The minimum atomic E-state index is -4.50.